The summed E-state index contributed by atoms with van der Waals surface area (Å²) in [6.07, 6.45) is 0. The largest absolute Gasteiger partial charge is 0.305 e. The maximum atomic E-state index is 12.5. The van der Waals surface area contributed by atoms with Gasteiger partial charge in [0.25, 0.3) is 0 Å². The van der Waals surface area contributed by atoms with Crippen LogP contribution in [0, 0.1) is 20.8 Å². The van der Waals surface area contributed by atoms with Gasteiger partial charge in [-0.25, -0.2) is 4.98 Å². The zero-order valence-corrected chi connectivity index (χ0v) is 19.5. The predicted molar refractivity (Wildman–Crippen MR) is 128 cm³/mol. The fraction of sp³-hybridized carbons (Fsp3) is 0.217. The number of carbonyl (C=O) groups is 1. The molecule has 0 fully saturated rings. The number of amides is 1. The number of thiazole rings is 1. The Morgan fingerprint density at radius 3 is 2.58 bits per heavy atom. The number of thioether (sulfide) groups is 1. The van der Waals surface area contributed by atoms with E-state index < -0.39 is 0 Å². The molecule has 6 nitrogen and oxygen atoms in total. The smallest absolute Gasteiger partial charge is 0.236 e. The molecule has 0 radical (unpaired) electrons. The molecule has 0 saturated carbocycles. The Bertz CT molecular complexity index is 1230. The van der Waals surface area contributed by atoms with E-state index in [0.29, 0.717) is 10.3 Å². The summed E-state index contributed by atoms with van der Waals surface area (Å²) in [6, 6.07) is 14.2. The quantitative estimate of drug-likeness (QED) is 0.407. The minimum Gasteiger partial charge on any atom is -0.305 e. The van der Waals surface area contributed by atoms with Crippen LogP contribution in [0.25, 0.3) is 22.6 Å². The van der Waals surface area contributed by atoms with Gasteiger partial charge in [0.1, 0.15) is 0 Å². The average Bonchev–Trinajstić information content (AvgIpc) is 3.36. The van der Waals surface area contributed by atoms with E-state index in [2.05, 4.69) is 53.4 Å². The zero-order valence-electron chi connectivity index (χ0n) is 17.8. The highest BCUT2D eigenvalue weighted by atomic mass is 32.2. The van der Waals surface area contributed by atoms with E-state index in [1.54, 1.807) is 0 Å². The second-order valence-electron chi connectivity index (χ2n) is 7.36. The summed E-state index contributed by atoms with van der Waals surface area (Å²) in [5.74, 6) is 0.891. The summed E-state index contributed by atoms with van der Waals surface area (Å²) in [6.45, 7) is 6.29. The molecular formula is C23H23N5OS2. The molecule has 31 heavy (non-hydrogen) atoms. The summed E-state index contributed by atoms with van der Waals surface area (Å²) >= 11 is 2.79. The first kappa shape index (κ1) is 21.3. The van der Waals surface area contributed by atoms with Crippen LogP contribution in [0.4, 0.5) is 5.13 Å². The highest BCUT2D eigenvalue weighted by Crippen LogP contribution is 2.30. The lowest BCUT2D eigenvalue weighted by atomic mass is 9.99. The molecule has 4 rings (SSSR count). The molecule has 2 aromatic heterocycles. The standard InChI is InChI=1S/C23H23N5OS2/c1-14-10-16(3)18(11-15(14)2)19-12-30-22(24-19)25-20(29)13-31-23-27-26-21(28(23)4)17-8-6-5-7-9-17/h5-12H,13H2,1-4H3,(H,24,25,29). The summed E-state index contributed by atoms with van der Waals surface area (Å²) < 4.78 is 1.90. The van der Waals surface area contributed by atoms with Crippen LogP contribution in [0.15, 0.2) is 53.0 Å². The van der Waals surface area contributed by atoms with E-state index in [0.717, 1.165) is 22.6 Å². The van der Waals surface area contributed by atoms with Gasteiger partial charge in [0, 0.05) is 23.6 Å². The van der Waals surface area contributed by atoms with Gasteiger partial charge in [-0.15, -0.1) is 21.5 Å². The molecule has 0 bridgehead atoms. The fourth-order valence-corrected chi connectivity index (χ4v) is 4.69. The van der Waals surface area contributed by atoms with Crippen LogP contribution in [-0.2, 0) is 11.8 Å². The third kappa shape index (κ3) is 4.70. The second kappa shape index (κ2) is 9.03. The third-order valence-corrected chi connectivity index (χ3v) is 6.84. The lowest BCUT2D eigenvalue weighted by Gasteiger charge is -2.07. The molecule has 0 spiro atoms. The molecule has 2 aromatic carbocycles. The molecule has 1 N–H and O–H groups in total. The van der Waals surface area contributed by atoms with Gasteiger partial charge in [0.15, 0.2) is 16.1 Å². The van der Waals surface area contributed by atoms with Crippen LogP contribution in [0.5, 0.6) is 0 Å². The molecule has 0 saturated heterocycles. The highest BCUT2D eigenvalue weighted by Gasteiger charge is 2.14. The molecule has 8 heteroatoms. The van der Waals surface area contributed by atoms with Crippen LogP contribution in [-0.4, -0.2) is 31.4 Å². The van der Waals surface area contributed by atoms with Gasteiger partial charge in [-0.1, -0.05) is 48.2 Å². The van der Waals surface area contributed by atoms with E-state index in [-0.39, 0.29) is 11.7 Å². The van der Waals surface area contributed by atoms with Crippen LogP contribution < -0.4 is 5.32 Å². The third-order valence-electron chi connectivity index (χ3n) is 5.07. The zero-order chi connectivity index (χ0) is 22.0. The van der Waals surface area contributed by atoms with Crippen LogP contribution in [0.2, 0.25) is 0 Å². The summed E-state index contributed by atoms with van der Waals surface area (Å²) in [4.78, 5) is 17.1. The number of aromatic nitrogens is 4. The van der Waals surface area contributed by atoms with Crippen molar-refractivity contribution < 1.29 is 4.79 Å². The second-order valence-corrected chi connectivity index (χ2v) is 9.16. The van der Waals surface area contributed by atoms with Crippen molar-refractivity contribution in [1.29, 1.82) is 0 Å². The molecular weight excluding hydrogens is 426 g/mol. The van der Waals surface area contributed by atoms with Crippen molar-refractivity contribution in [1.82, 2.24) is 19.7 Å². The minimum atomic E-state index is -0.119. The van der Waals surface area contributed by atoms with Gasteiger partial charge in [-0.3, -0.25) is 4.79 Å². The maximum Gasteiger partial charge on any atom is 0.236 e. The number of nitrogens with zero attached hydrogens (tertiary/aromatic N) is 4. The first-order valence-electron chi connectivity index (χ1n) is 9.83. The maximum absolute atomic E-state index is 12.5. The lowest BCUT2D eigenvalue weighted by molar-refractivity contribution is -0.113. The molecule has 158 valence electrons. The Morgan fingerprint density at radius 1 is 1.06 bits per heavy atom. The van der Waals surface area contributed by atoms with E-state index in [4.69, 9.17) is 0 Å². The van der Waals surface area contributed by atoms with Crippen molar-refractivity contribution >= 4 is 34.1 Å². The van der Waals surface area contributed by atoms with Crippen LogP contribution in [0.3, 0.4) is 0 Å². The molecule has 2 heterocycles. The Kier molecular flexibility index (Phi) is 6.20. The van der Waals surface area contributed by atoms with E-state index in [9.17, 15) is 4.79 Å². The van der Waals surface area contributed by atoms with Gasteiger partial charge < -0.3 is 9.88 Å². The Morgan fingerprint density at radius 2 is 1.81 bits per heavy atom. The SMILES string of the molecule is Cc1cc(C)c(-c2csc(NC(=O)CSc3nnc(-c4ccccc4)n3C)n2)cc1C. The predicted octanol–water partition coefficient (Wildman–Crippen LogP) is 5.26. The molecule has 0 aliphatic heterocycles. The fourth-order valence-electron chi connectivity index (χ4n) is 3.26. The molecule has 1 amide bonds. The molecule has 0 aliphatic carbocycles. The summed E-state index contributed by atoms with van der Waals surface area (Å²) in [5.41, 5.74) is 6.65. The summed E-state index contributed by atoms with van der Waals surface area (Å²) in [5, 5.41) is 14.6. The number of anilines is 1. The monoisotopic (exact) mass is 449 g/mol. The minimum absolute atomic E-state index is 0.119. The van der Waals surface area contributed by atoms with Crippen molar-refractivity contribution in [3.8, 4) is 22.6 Å². The number of nitrogens with one attached hydrogen (secondary N) is 1. The number of rotatable bonds is 6. The molecule has 0 atom stereocenters. The molecule has 4 aromatic rings. The topological polar surface area (TPSA) is 72.7 Å². The normalized spacial score (nSPS) is 11.0. The Labute approximate surface area is 189 Å². The van der Waals surface area contributed by atoms with Gasteiger partial charge >= 0.3 is 0 Å². The van der Waals surface area contributed by atoms with Crippen molar-refractivity contribution in [2.24, 2.45) is 7.05 Å². The van der Waals surface area contributed by atoms with Crippen molar-refractivity contribution in [2.45, 2.75) is 25.9 Å². The number of hydrogen-bond donors (Lipinski definition) is 1. The van der Waals surface area contributed by atoms with Crippen molar-refractivity contribution in [3.05, 3.63) is 64.5 Å². The molecule has 0 aliphatic rings. The summed E-state index contributed by atoms with van der Waals surface area (Å²) in [7, 11) is 1.90. The van der Waals surface area contributed by atoms with Gasteiger partial charge in [-0.2, -0.15) is 0 Å². The first-order chi connectivity index (χ1) is 14.9. The van der Waals surface area contributed by atoms with Gasteiger partial charge in [0.2, 0.25) is 5.91 Å². The van der Waals surface area contributed by atoms with Gasteiger partial charge in [0.05, 0.1) is 11.4 Å². The number of hydrogen-bond acceptors (Lipinski definition) is 6. The highest BCUT2D eigenvalue weighted by molar-refractivity contribution is 7.99. The van der Waals surface area contributed by atoms with Crippen LogP contribution in [0.1, 0.15) is 16.7 Å². The first-order valence-corrected chi connectivity index (χ1v) is 11.7. The van der Waals surface area contributed by atoms with Crippen LogP contribution >= 0.6 is 23.1 Å². The average molecular weight is 450 g/mol. The van der Waals surface area contributed by atoms with E-state index in [1.165, 1.54) is 39.8 Å². The van der Waals surface area contributed by atoms with Crippen molar-refractivity contribution in [2.75, 3.05) is 11.1 Å². The lowest BCUT2D eigenvalue weighted by Crippen LogP contribution is -2.14. The van der Waals surface area contributed by atoms with E-state index >= 15 is 0 Å². The van der Waals surface area contributed by atoms with Crippen molar-refractivity contribution in [3.63, 3.8) is 0 Å². The Balaban J connectivity index is 1.40. The Hall–Kier alpha value is -2.97. The number of aryl methyl sites for hydroxylation is 3. The van der Waals surface area contributed by atoms with Gasteiger partial charge in [-0.05, 0) is 43.5 Å². The number of carbonyl (C=O) groups excluding carboxylic acids is 1. The molecule has 0 unspecified atom stereocenters. The number of benzene rings is 2. The van der Waals surface area contributed by atoms with E-state index in [1.807, 2.05) is 47.3 Å².